The number of nitriles is 1. The molecule has 2 aliphatic heterocycles. The van der Waals surface area contributed by atoms with Crippen molar-refractivity contribution in [2.24, 2.45) is 0 Å². The van der Waals surface area contributed by atoms with Crippen LogP contribution in [0.3, 0.4) is 0 Å². The lowest BCUT2D eigenvalue weighted by molar-refractivity contribution is -0.0395. The SMILES string of the molecule is CCNC(C)(C#N)CCN1CC2CCC(C1)O2. The van der Waals surface area contributed by atoms with Gasteiger partial charge in [0, 0.05) is 19.6 Å². The van der Waals surface area contributed by atoms with Gasteiger partial charge in [-0.2, -0.15) is 5.26 Å². The second kappa shape index (κ2) is 5.34. The third-order valence-electron chi connectivity index (χ3n) is 3.86. The summed E-state index contributed by atoms with van der Waals surface area (Å²) in [7, 11) is 0. The first-order chi connectivity index (χ1) is 8.15. The van der Waals surface area contributed by atoms with Gasteiger partial charge >= 0.3 is 0 Å². The third-order valence-corrected chi connectivity index (χ3v) is 3.86. The van der Waals surface area contributed by atoms with E-state index in [4.69, 9.17) is 4.74 Å². The van der Waals surface area contributed by atoms with Gasteiger partial charge in [-0.25, -0.2) is 0 Å². The lowest BCUT2D eigenvalue weighted by Crippen LogP contribution is -2.47. The van der Waals surface area contributed by atoms with Crippen LogP contribution in [0.5, 0.6) is 0 Å². The van der Waals surface area contributed by atoms with E-state index >= 15 is 0 Å². The first-order valence-electron chi connectivity index (χ1n) is 6.69. The van der Waals surface area contributed by atoms with Crippen LogP contribution in [0.15, 0.2) is 0 Å². The van der Waals surface area contributed by atoms with Crippen molar-refractivity contribution in [3.8, 4) is 6.07 Å². The summed E-state index contributed by atoms with van der Waals surface area (Å²) in [6.07, 6.45) is 4.20. The van der Waals surface area contributed by atoms with Crippen molar-refractivity contribution in [3.05, 3.63) is 0 Å². The van der Waals surface area contributed by atoms with Crippen molar-refractivity contribution in [2.45, 2.75) is 50.9 Å². The van der Waals surface area contributed by atoms with Gasteiger partial charge < -0.3 is 4.74 Å². The quantitative estimate of drug-likeness (QED) is 0.779. The van der Waals surface area contributed by atoms with Crippen LogP contribution in [0.2, 0.25) is 0 Å². The molecule has 2 aliphatic rings. The van der Waals surface area contributed by atoms with E-state index in [0.717, 1.165) is 32.6 Å². The summed E-state index contributed by atoms with van der Waals surface area (Å²) in [6, 6.07) is 2.39. The van der Waals surface area contributed by atoms with Gasteiger partial charge in [0.25, 0.3) is 0 Å². The van der Waals surface area contributed by atoms with E-state index in [1.807, 2.05) is 13.8 Å². The lowest BCUT2D eigenvalue weighted by atomic mass is 9.99. The van der Waals surface area contributed by atoms with Crippen molar-refractivity contribution in [1.82, 2.24) is 10.2 Å². The molecule has 3 atom stereocenters. The maximum atomic E-state index is 9.21. The van der Waals surface area contributed by atoms with E-state index in [0.29, 0.717) is 12.2 Å². The molecule has 0 radical (unpaired) electrons. The molecule has 0 aromatic carbocycles. The van der Waals surface area contributed by atoms with Gasteiger partial charge in [0.2, 0.25) is 0 Å². The zero-order valence-corrected chi connectivity index (χ0v) is 10.9. The Hall–Kier alpha value is -0.630. The summed E-state index contributed by atoms with van der Waals surface area (Å²) in [5.74, 6) is 0. The van der Waals surface area contributed by atoms with E-state index in [1.54, 1.807) is 0 Å². The molecule has 0 aromatic rings. The number of morpholine rings is 1. The van der Waals surface area contributed by atoms with Gasteiger partial charge in [-0.3, -0.25) is 10.2 Å². The molecule has 2 bridgehead atoms. The Labute approximate surface area is 104 Å². The smallest absolute Gasteiger partial charge is 0.105 e. The number of fused-ring (bicyclic) bond motifs is 2. The molecule has 2 heterocycles. The Morgan fingerprint density at radius 1 is 1.41 bits per heavy atom. The second-order valence-corrected chi connectivity index (χ2v) is 5.44. The minimum Gasteiger partial charge on any atom is -0.372 e. The topological polar surface area (TPSA) is 48.3 Å². The van der Waals surface area contributed by atoms with E-state index < -0.39 is 0 Å². The molecule has 2 fully saturated rings. The standard InChI is InChI=1S/C13H23N3O/c1-3-15-13(2,10-14)6-7-16-8-11-4-5-12(9-16)17-11/h11-12,15H,3-9H2,1-2H3. The van der Waals surface area contributed by atoms with Crippen LogP contribution in [0, 0.1) is 11.3 Å². The highest BCUT2D eigenvalue weighted by atomic mass is 16.5. The monoisotopic (exact) mass is 237 g/mol. The van der Waals surface area contributed by atoms with Crippen LogP contribution in [0.1, 0.15) is 33.1 Å². The molecule has 4 nitrogen and oxygen atoms in total. The van der Waals surface area contributed by atoms with Gasteiger partial charge in [0.15, 0.2) is 0 Å². The number of likely N-dealkylation sites (tertiary alicyclic amines) is 1. The molecule has 2 rings (SSSR count). The molecule has 1 N–H and O–H groups in total. The number of nitrogens with one attached hydrogen (secondary N) is 1. The molecule has 17 heavy (non-hydrogen) atoms. The minimum absolute atomic E-state index is 0.383. The second-order valence-electron chi connectivity index (χ2n) is 5.44. The zero-order valence-electron chi connectivity index (χ0n) is 10.9. The molecule has 0 aliphatic carbocycles. The Morgan fingerprint density at radius 2 is 2.06 bits per heavy atom. The average Bonchev–Trinajstić information content (AvgIpc) is 2.67. The lowest BCUT2D eigenvalue weighted by Gasteiger charge is -2.34. The Morgan fingerprint density at radius 3 is 2.59 bits per heavy atom. The Balaban J connectivity index is 1.80. The molecule has 0 aromatic heterocycles. The van der Waals surface area contributed by atoms with Crippen molar-refractivity contribution in [2.75, 3.05) is 26.2 Å². The normalized spacial score (nSPS) is 32.1. The summed E-state index contributed by atoms with van der Waals surface area (Å²) in [5, 5.41) is 12.5. The van der Waals surface area contributed by atoms with Crippen LogP contribution in [-0.4, -0.2) is 48.8 Å². The van der Waals surface area contributed by atoms with Gasteiger partial charge in [-0.05, 0) is 32.7 Å². The van der Waals surface area contributed by atoms with Crippen LogP contribution in [0.25, 0.3) is 0 Å². The van der Waals surface area contributed by atoms with Crippen LogP contribution < -0.4 is 5.32 Å². The van der Waals surface area contributed by atoms with Crippen molar-refractivity contribution >= 4 is 0 Å². The molecule has 0 spiro atoms. The van der Waals surface area contributed by atoms with E-state index in [1.165, 1.54) is 12.8 Å². The van der Waals surface area contributed by atoms with Gasteiger partial charge in [-0.1, -0.05) is 6.92 Å². The first kappa shape index (κ1) is 12.8. The minimum atomic E-state index is -0.383. The summed E-state index contributed by atoms with van der Waals surface area (Å²) >= 11 is 0. The van der Waals surface area contributed by atoms with Crippen molar-refractivity contribution in [3.63, 3.8) is 0 Å². The van der Waals surface area contributed by atoms with E-state index in [2.05, 4.69) is 16.3 Å². The number of nitrogens with zero attached hydrogens (tertiary/aromatic N) is 2. The molecule has 96 valence electrons. The zero-order chi connectivity index (χ0) is 12.3. The molecular weight excluding hydrogens is 214 g/mol. The highest BCUT2D eigenvalue weighted by Gasteiger charge is 2.34. The van der Waals surface area contributed by atoms with E-state index in [9.17, 15) is 5.26 Å². The van der Waals surface area contributed by atoms with Crippen LogP contribution in [0.4, 0.5) is 0 Å². The Bertz CT molecular complexity index is 290. The fraction of sp³-hybridized carbons (Fsp3) is 0.923. The number of ether oxygens (including phenoxy) is 1. The van der Waals surface area contributed by atoms with E-state index in [-0.39, 0.29) is 5.54 Å². The molecule has 0 saturated carbocycles. The predicted molar refractivity (Wildman–Crippen MR) is 66.6 cm³/mol. The van der Waals surface area contributed by atoms with Crippen LogP contribution >= 0.6 is 0 Å². The molecule has 0 amide bonds. The summed E-state index contributed by atoms with van der Waals surface area (Å²) < 4.78 is 5.81. The highest BCUT2D eigenvalue weighted by molar-refractivity contribution is 5.04. The van der Waals surface area contributed by atoms with Crippen molar-refractivity contribution < 1.29 is 4.74 Å². The maximum Gasteiger partial charge on any atom is 0.105 e. The summed E-state index contributed by atoms with van der Waals surface area (Å²) in [6.45, 7) is 7.97. The number of hydrogen-bond donors (Lipinski definition) is 1. The van der Waals surface area contributed by atoms with Gasteiger partial charge in [0.1, 0.15) is 5.54 Å². The van der Waals surface area contributed by atoms with Gasteiger partial charge in [-0.15, -0.1) is 0 Å². The highest BCUT2D eigenvalue weighted by Crippen LogP contribution is 2.26. The van der Waals surface area contributed by atoms with Crippen molar-refractivity contribution in [1.29, 1.82) is 5.26 Å². The van der Waals surface area contributed by atoms with Crippen LogP contribution in [-0.2, 0) is 4.74 Å². The largest absolute Gasteiger partial charge is 0.372 e. The van der Waals surface area contributed by atoms with Gasteiger partial charge in [0.05, 0.1) is 18.3 Å². The molecule has 4 heteroatoms. The molecule has 3 unspecified atom stereocenters. The molecular formula is C13H23N3O. The predicted octanol–water partition coefficient (Wildman–Crippen LogP) is 1.13. The third kappa shape index (κ3) is 3.19. The molecule has 2 saturated heterocycles. The Kier molecular flexibility index (Phi) is 4.03. The summed E-state index contributed by atoms with van der Waals surface area (Å²) in [4.78, 5) is 2.46. The first-order valence-corrected chi connectivity index (χ1v) is 6.69. The number of hydrogen-bond acceptors (Lipinski definition) is 4. The fourth-order valence-electron chi connectivity index (χ4n) is 2.84. The number of rotatable bonds is 5. The fourth-order valence-corrected chi connectivity index (χ4v) is 2.84. The summed E-state index contributed by atoms with van der Waals surface area (Å²) in [5.41, 5.74) is -0.383. The average molecular weight is 237 g/mol. The maximum absolute atomic E-state index is 9.21.